The predicted molar refractivity (Wildman–Crippen MR) is 52.9 cm³/mol. The van der Waals surface area contributed by atoms with Crippen LogP contribution in [-0.4, -0.2) is 36.4 Å². The third-order valence-corrected chi connectivity index (χ3v) is 1.34. The number of rotatable bonds is 6. The summed E-state index contributed by atoms with van der Waals surface area (Å²) in [4.78, 5) is 21.5. The molecule has 0 rings (SSSR count). The van der Waals surface area contributed by atoms with Crippen molar-refractivity contribution < 1.29 is 24.2 Å². The van der Waals surface area contributed by atoms with Crippen LogP contribution in [0.1, 0.15) is 6.92 Å². The Balaban J connectivity index is 3.70. The lowest BCUT2D eigenvalue weighted by Crippen LogP contribution is -2.25. The van der Waals surface area contributed by atoms with Gasteiger partial charge in [-0.05, 0) is 6.92 Å². The van der Waals surface area contributed by atoms with E-state index < -0.39 is 18.0 Å². The molecule has 0 aliphatic carbocycles. The first-order valence-corrected chi connectivity index (χ1v) is 4.27. The van der Waals surface area contributed by atoms with E-state index in [9.17, 15) is 14.7 Å². The second-order valence-electron chi connectivity index (χ2n) is 2.87. The van der Waals surface area contributed by atoms with Crippen LogP contribution < -0.4 is 0 Å². The lowest BCUT2D eigenvalue weighted by molar-refractivity contribution is -0.146. The topological polar surface area (TPSA) is 72.8 Å². The zero-order chi connectivity index (χ0) is 11.8. The van der Waals surface area contributed by atoms with Crippen LogP contribution in [0.3, 0.4) is 0 Å². The summed E-state index contributed by atoms with van der Waals surface area (Å²) in [7, 11) is 0. The quantitative estimate of drug-likeness (QED) is 0.505. The fourth-order valence-corrected chi connectivity index (χ4v) is 0.580. The summed E-state index contributed by atoms with van der Waals surface area (Å²) >= 11 is 0. The van der Waals surface area contributed by atoms with Crippen LogP contribution in [-0.2, 0) is 19.1 Å². The lowest BCUT2D eigenvalue weighted by atomic mass is 10.3. The largest absolute Gasteiger partial charge is 0.460 e. The molecule has 0 heterocycles. The van der Waals surface area contributed by atoms with Gasteiger partial charge in [-0.25, -0.2) is 9.59 Å². The molecule has 0 saturated carbocycles. The average Bonchev–Trinajstić information content (AvgIpc) is 2.21. The molecule has 1 N–H and O–H groups in total. The Morgan fingerprint density at radius 2 is 1.93 bits per heavy atom. The first kappa shape index (κ1) is 13.4. The Bertz CT molecular complexity index is 269. The van der Waals surface area contributed by atoms with E-state index in [0.29, 0.717) is 0 Å². The minimum atomic E-state index is -1.04. The van der Waals surface area contributed by atoms with E-state index in [1.807, 2.05) is 0 Å². The molecule has 0 aromatic heterocycles. The minimum Gasteiger partial charge on any atom is -0.460 e. The van der Waals surface area contributed by atoms with Crippen LogP contribution in [0.25, 0.3) is 0 Å². The zero-order valence-electron chi connectivity index (χ0n) is 8.56. The van der Waals surface area contributed by atoms with Gasteiger partial charge in [-0.3, -0.25) is 0 Å². The Labute approximate surface area is 88.0 Å². The molecule has 0 bridgehead atoms. The van der Waals surface area contributed by atoms with Gasteiger partial charge in [0.2, 0.25) is 0 Å². The molecule has 5 heteroatoms. The number of aliphatic hydroxyl groups excluding tert-OH is 1. The van der Waals surface area contributed by atoms with E-state index >= 15 is 0 Å². The Morgan fingerprint density at radius 1 is 1.40 bits per heavy atom. The Hall–Kier alpha value is -1.62. The Kier molecular flexibility index (Phi) is 6.05. The van der Waals surface area contributed by atoms with Crippen molar-refractivity contribution in [2.75, 3.05) is 13.2 Å². The highest BCUT2D eigenvalue weighted by Gasteiger charge is 2.10. The van der Waals surface area contributed by atoms with Crippen molar-refractivity contribution >= 4 is 11.9 Å². The normalized spacial score (nSPS) is 11.3. The third kappa shape index (κ3) is 6.45. The lowest BCUT2D eigenvalue weighted by Gasteiger charge is -2.10. The summed E-state index contributed by atoms with van der Waals surface area (Å²) in [6, 6.07) is 0. The molecule has 0 fully saturated rings. The molecule has 15 heavy (non-hydrogen) atoms. The van der Waals surface area contributed by atoms with Crippen molar-refractivity contribution in [3.63, 3.8) is 0 Å². The van der Waals surface area contributed by atoms with Crippen molar-refractivity contribution in [1.82, 2.24) is 0 Å². The summed E-state index contributed by atoms with van der Waals surface area (Å²) in [6.07, 6.45) is -0.0655. The maximum absolute atomic E-state index is 10.9. The third-order valence-electron chi connectivity index (χ3n) is 1.34. The fourth-order valence-electron chi connectivity index (χ4n) is 0.580. The molecule has 0 aromatic rings. The standard InChI is InChI=1S/C10H14O5/c1-4-9(12)14-5-8(11)6-15-10(13)7(2)3/h4,8,11H,1-2,5-6H2,3H3/t8-/m1/s1. The molecule has 0 aliphatic rings. The van der Waals surface area contributed by atoms with Gasteiger partial charge in [-0.2, -0.15) is 0 Å². The number of esters is 2. The van der Waals surface area contributed by atoms with Gasteiger partial charge in [-0.15, -0.1) is 0 Å². The SMILES string of the molecule is C=CC(=O)OC[C@@H](O)COC(=O)C(=C)C. The maximum Gasteiger partial charge on any atom is 0.333 e. The van der Waals surface area contributed by atoms with Gasteiger partial charge >= 0.3 is 11.9 Å². The predicted octanol–water partition coefficient (Wildman–Crippen LogP) is 0.196. The molecule has 0 aromatic carbocycles. The first-order chi connectivity index (χ1) is 6.97. The molecule has 1 atom stereocenters. The molecular weight excluding hydrogens is 200 g/mol. The van der Waals surface area contributed by atoms with E-state index in [0.717, 1.165) is 6.08 Å². The van der Waals surface area contributed by atoms with Crippen molar-refractivity contribution in [3.05, 3.63) is 24.8 Å². The van der Waals surface area contributed by atoms with Crippen molar-refractivity contribution in [3.8, 4) is 0 Å². The second kappa shape index (κ2) is 6.78. The van der Waals surface area contributed by atoms with Gasteiger partial charge < -0.3 is 14.6 Å². The smallest absolute Gasteiger partial charge is 0.333 e. The highest BCUT2D eigenvalue weighted by atomic mass is 16.6. The summed E-state index contributed by atoms with van der Waals surface area (Å²) in [5.41, 5.74) is 0.241. The Morgan fingerprint density at radius 3 is 2.40 bits per heavy atom. The number of carbonyl (C=O) groups excluding carboxylic acids is 2. The summed E-state index contributed by atoms with van der Waals surface area (Å²) in [5.74, 6) is -1.23. The second-order valence-corrected chi connectivity index (χ2v) is 2.87. The van der Waals surface area contributed by atoms with Gasteiger partial charge in [-0.1, -0.05) is 13.2 Å². The number of hydrogen-bond donors (Lipinski definition) is 1. The minimum absolute atomic E-state index is 0.240. The molecule has 0 amide bonds. The highest BCUT2D eigenvalue weighted by molar-refractivity contribution is 5.86. The zero-order valence-corrected chi connectivity index (χ0v) is 8.56. The molecule has 0 spiro atoms. The highest BCUT2D eigenvalue weighted by Crippen LogP contribution is 1.95. The van der Waals surface area contributed by atoms with Gasteiger partial charge in [0, 0.05) is 11.6 Å². The number of hydrogen-bond acceptors (Lipinski definition) is 5. The van der Waals surface area contributed by atoms with E-state index in [4.69, 9.17) is 0 Å². The summed E-state index contributed by atoms with van der Waals surface area (Å²) < 4.78 is 9.15. The van der Waals surface area contributed by atoms with Crippen LogP contribution >= 0.6 is 0 Å². The first-order valence-electron chi connectivity index (χ1n) is 4.27. The van der Waals surface area contributed by atoms with Crippen molar-refractivity contribution in [2.45, 2.75) is 13.0 Å². The molecule has 0 saturated heterocycles. The average molecular weight is 214 g/mol. The summed E-state index contributed by atoms with van der Waals surface area (Å²) in [6.45, 7) is 7.56. The number of aliphatic hydroxyl groups is 1. The van der Waals surface area contributed by atoms with Crippen LogP contribution in [0.5, 0.6) is 0 Å². The van der Waals surface area contributed by atoms with Gasteiger partial charge in [0.25, 0.3) is 0 Å². The van der Waals surface area contributed by atoms with Crippen LogP contribution in [0, 0.1) is 0 Å². The maximum atomic E-state index is 10.9. The molecule has 0 aliphatic heterocycles. The number of carbonyl (C=O) groups is 2. The molecule has 5 nitrogen and oxygen atoms in total. The van der Waals surface area contributed by atoms with Crippen molar-refractivity contribution in [2.24, 2.45) is 0 Å². The molecule has 0 radical (unpaired) electrons. The van der Waals surface area contributed by atoms with Crippen LogP contribution in [0.2, 0.25) is 0 Å². The fraction of sp³-hybridized carbons (Fsp3) is 0.400. The van der Waals surface area contributed by atoms with E-state index in [1.165, 1.54) is 6.92 Å². The van der Waals surface area contributed by atoms with Gasteiger partial charge in [0.1, 0.15) is 19.3 Å². The van der Waals surface area contributed by atoms with E-state index in [-0.39, 0.29) is 18.8 Å². The molecular formula is C10H14O5. The van der Waals surface area contributed by atoms with Gasteiger partial charge in [0.05, 0.1) is 0 Å². The molecule has 0 unspecified atom stereocenters. The van der Waals surface area contributed by atoms with E-state index in [1.54, 1.807) is 0 Å². The van der Waals surface area contributed by atoms with E-state index in [2.05, 4.69) is 22.6 Å². The van der Waals surface area contributed by atoms with Gasteiger partial charge in [0.15, 0.2) is 0 Å². The summed E-state index contributed by atoms with van der Waals surface area (Å²) in [5, 5.41) is 9.21. The molecule has 84 valence electrons. The van der Waals surface area contributed by atoms with Crippen LogP contribution in [0.4, 0.5) is 0 Å². The monoisotopic (exact) mass is 214 g/mol. The number of ether oxygens (including phenoxy) is 2. The van der Waals surface area contributed by atoms with Crippen LogP contribution in [0.15, 0.2) is 24.8 Å². The van der Waals surface area contributed by atoms with Crippen molar-refractivity contribution in [1.29, 1.82) is 0 Å².